The minimum absolute atomic E-state index is 0.0111. The first kappa shape index (κ1) is 19.2. The Labute approximate surface area is 150 Å². The van der Waals surface area contributed by atoms with Crippen molar-refractivity contribution in [1.82, 2.24) is 4.90 Å². The normalized spacial score (nSPS) is 10.7. The number of methoxy groups -OCH3 is 1. The van der Waals surface area contributed by atoms with Crippen LogP contribution in [-0.4, -0.2) is 44.6 Å². The Morgan fingerprint density at radius 2 is 1.87 bits per heavy atom. The highest BCUT2D eigenvalue weighted by atomic mass is 79.9. The fraction of sp³-hybridized carbons (Fsp3) is 0.267. The van der Waals surface area contributed by atoms with Crippen molar-refractivity contribution in [1.29, 1.82) is 5.26 Å². The lowest BCUT2D eigenvalue weighted by Crippen LogP contribution is -2.22. The van der Waals surface area contributed by atoms with Gasteiger partial charge < -0.3 is 14.4 Å². The van der Waals surface area contributed by atoms with Gasteiger partial charge in [-0.2, -0.15) is 5.26 Å². The number of nitrogens with zero attached hydrogens (tertiary/aromatic N) is 2. The van der Waals surface area contributed by atoms with E-state index in [0.717, 1.165) is 0 Å². The Bertz CT molecular complexity index is 670. The Balaban J connectivity index is 3.11. The van der Waals surface area contributed by atoms with Gasteiger partial charge in [0.2, 0.25) is 0 Å². The molecule has 0 aliphatic rings. The number of benzene rings is 1. The van der Waals surface area contributed by atoms with Crippen LogP contribution < -0.4 is 4.74 Å². The van der Waals surface area contributed by atoms with Gasteiger partial charge in [0.1, 0.15) is 17.4 Å². The Hall–Kier alpha value is -1.85. The SMILES string of the molecule is COC(=O)COc1c(Br)cc(/C=C(/C#N)C(=O)N(C)C)cc1Br. The topological polar surface area (TPSA) is 79.6 Å². The van der Waals surface area contributed by atoms with Crippen molar-refractivity contribution >= 4 is 49.8 Å². The summed E-state index contributed by atoms with van der Waals surface area (Å²) in [5.41, 5.74) is 0.637. The van der Waals surface area contributed by atoms with E-state index in [1.807, 2.05) is 6.07 Å². The molecule has 0 unspecified atom stereocenters. The van der Waals surface area contributed by atoms with E-state index in [0.29, 0.717) is 20.3 Å². The Kier molecular flexibility index (Phi) is 7.26. The number of nitriles is 1. The number of amides is 1. The van der Waals surface area contributed by atoms with Gasteiger partial charge >= 0.3 is 5.97 Å². The summed E-state index contributed by atoms with van der Waals surface area (Å²) in [5, 5.41) is 9.11. The number of hydrogen-bond donors (Lipinski definition) is 0. The average molecular weight is 446 g/mol. The number of likely N-dealkylation sites (N-methyl/N-ethyl adjacent to an activating group) is 1. The van der Waals surface area contributed by atoms with E-state index in [4.69, 9.17) is 10.00 Å². The molecule has 0 saturated carbocycles. The maximum absolute atomic E-state index is 11.9. The van der Waals surface area contributed by atoms with Gasteiger partial charge in [-0.25, -0.2) is 4.79 Å². The van der Waals surface area contributed by atoms with Crippen molar-refractivity contribution in [2.24, 2.45) is 0 Å². The first-order valence-electron chi connectivity index (χ1n) is 6.32. The molecule has 1 amide bonds. The number of halogens is 2. The van der Waals surface area contributed by atoms with Crippen molar-refractivity contribution < 1.29 is 19.1 Å². The molecule has 0 aromatic heterocycles. The minimum atomic E-state index is -0.504. The van der Waals surface area contributed by atoms with E-state index in [-0.39, 0.29) is 18.1 Å². The lowest BCUT2D eigenvalue weighted by atomic mass is 10.1. The Morgan fingerprint density at radius 3 is 2.30 bits per heavy atom. The van der Waals surface area contributed by atoms with Crippen LogP contribution in [0.15, 0.2) is 26.7 Å². The third-order valence-corrected chi connectivity index (χ3v) is 3.83. The van der Waals surface area contributed by atoms with Gasteiger partial charge in [0.15, 0.2) is 6.61 Å². The molecule has 0 bridgehead atoms. The largest absolute Gasteiger partial charge is 0.480 e. The van der Waals surface area contributed by atoms with Crippen molar-refractivity contribution in [2.45, 2.75) is 0 Å². The molecule has 0 fully saturated rings. The van der Waals surface area contributed by atoms with Gasteiger partial charge in [0.25, 0.3) is 5.91 Å². The van der Waals surface area contributed by atoms with Crippen LogP contribution in [0.1, 0.15) is 5.56 Å². The van der Waals surface area contributed by atoms with E-state index < -0.39 is 5.97 Å². The molecule has 23 heavy (non-hydrogen) atoms. The molecular weight excluding hydrogens is 432 g/mol. The molecule has 6 nitrogen and oxygen atoms in total. The zero-order valence-electron chi connectivity index (χ0n) is 12.7. The van der Waals surface area contributed by atoms with Gasteiger partial charge in [-0.05, 0) is 55.6 Å². The van der Waals surface area contributed by atoms with Gasteiger partial charge in [-0.3, -0.25) is 4.79 Å². The number of hydrogen-bond acceptors (Lipinski definition) is 5. The third kappa shape index (κ3) is 5.37. The number of carbonyl (C=O) groups is 2. The van der Waals surface area contributed by atoms with E-state index in [2.05, 4.69) is 36.6 Å². The van der Waals surface area contributed by atoms with E-state index >= 15 is 0 Å². The molecule has 0 radical (unpaired) electrons. The lowest BCUT2D eigenvalue weighted by Gasteiger charge is -2.11. The quantitative estimate of drug-likeness (QED) is 0.395. The van der Waals surface area contributed by atoms with Crippen LogP contribution in [0.5, 0.6) is 5.75 Å². The van der Waals surface area contributed by atoms with E-state index in [1.54, 1.807) is 26.2 Å². The maximum atomic E-state index is 11.9. The highest BCUT2D eigenvalue weighted by Crippen LogP contribution is 2.35. The first-order valence-corrected chi connectivity index (χ1v) is 7.90. The molecule has 0 spiro atoms. The number of rotatable bonds is 5. The van der Waals surface area contributed by atoms with E-state index in [9.17, 15) is 9.59 Å². The standard InChI is InChI=1S/C15H14Br2N2O4/c1-19(2)15(21)10(7-18)4-9-5-11(16)14(12(17)6-9)23-8-13(20)22-3/h4-6H,8H2,1-3H3/b10-4-. The average Bonchev–Trinajstić information content (AvgIpc) is 2.50. The van der Waals surface area contributed by atoms with Crippen molar-refractivity contribution in [3.63, 3.8) is 0 Å². The summed E-state index contributed by atoms with van der Waals surface area (Å²) < 4.78 is 11.0. The molecule has 0 aliphatic carbocycles. The zero-order chi connectivity index (χ0) is 17.6. The summed E-state index contributed by atoms with van der Waals surface area (Å²) in [6.07, 6.45) is 1.47. The summed E-state index contributed by atoms with van der Waals surface area (Å²) in [7, 11) is 4.42. The second kappa shape index (κ2) is 8.70. The van der Waals surface area contributed by atoms with Gasteiger partial charge in [-0.15, -0.1) is 0 Å². The summed E-state index contributed by atoms with van der Waals surface area (Å²) in [6.45, 7) is -0.231. The first-order chi connectivity index (χ1) is 10.8. The van der Waals surface area contributed by atoms with Crippen LogP contribution in [0.25, 0.3) is 6.08 Å². The number of esters is 1. The number of carbonyl (C=O) groups excluding carboxylic acids is 2. The molecule has 0 saturated heterocycles. The minimum Gasteiger partial charge on any atom is -0.480 e. The molecule has 0 aliphatic heterocycles. The fourth-order valence-electron chi connectivity index (χ4n) is 1.54. The van der Waals surface area contributed by atoms with Crippen LogP contribution in [-0.2, 0) is 14.3 Å². The lowest BCUT2D eigenvalue weighted by molar-refractivity contribution is -0.142. The van der Waals surface area contributed by atoms with Gasteiger partial charge in [0.05, 0.1) is 16.1 Å². The molecule has 0 atom stereocenters. The van der Waals surface area contributed by atoms with Crippen LogP contribution in [0.2, 0.25) is 0 Å². The van der Waals surface area contributed by atoms with Crippen LogP contribution >= 0.6 is 31.9 Å². The summed E-state index contributed by atoms with van der Waals surface area (Å²) in [4.78, 5) is 24.3. The molecule has 122 valence electrons. The summed E-state index contributed by atoms with van der Waals surface area (Å²) in [5.74, 6) is -0.466. The maximum Gasteiger partial charge on any atom is 0.343 e. The molecular formula is C15H14Br2N2O4. The van der Waals surface area contributed by atoms with Crippen LogP contribution in [0, 0.1) is 11.3 Å². The molecule has 1 rings (SSSR count). The number of ether oxygens (including phenoxy) is 2. The zero-order valence-corrected chi connectivity index (χ0v) is 15.9. The monoisotopic (exact) mass is 444 g/mol. The molecule has 1 aromatic rings. The summed E-state index contributed by atoms with van der Waals surface area (Å²) >= 11 is 6.67. The fourth-order valence-corrected chi connectivity index (χ4v) is 2.99. The predicted molar refractivity (Wildman–Crippen MR) is 91.6 cm³/mol. The Morgan fingerprint density at radius 1 is 1.30 bits per heavy atom. The predicted octanol–water partition coefficient (Wildman–Crippen LogP) is 2.76. The molecule has 0 heterocycles. The van der Waals surface area contributed by atoms with Gasteiger partial charge in [-0.1, -0.05) is 0 Å². The third-order valence-electron chi connectivity index (χ3n) is 2.65. The molecule has 8 heteroatoms. The van der Waals surface area contributed by atoms with Crippen molar-refractivity contribution in [2.75, 3.05) is 27.8 Å². The highest BCUT2D eigenvalue weighted by Gasteiger charge is 2.14. The summed E-state index contributed by atoms with van der Waals surface area (Å²) in [6, 6.07) is 5.24. The molecule has 1 aromatic carbocycles. The molecule has 0 N–H and O–H groups in total. The second-order valence-corrected chi connectivity index (χ2v) is 6.26. The second-order valence-electron chi connectivity index (χ2n) is 4.55. The highest BCUT2D eigenvalue weighted by molar-refractivity contribution is 9.11. The van der Waals surface area contributed by atoms with Crippen molar-refractivity contribution in [3.05, 3.63) is 32.2 Å². The van der Waals surface area contributed by atoms with E-state index in [1.165, 1.54) is 18.1 Å². The van der Waals surface area contributed by atoms with Crippen LogP contribution in [0.4, 0.5) is 0 Å². The van der Waals surface area contributed by atoms with Crippen molar-refractivity contribution in [3.8, 4) is 11.8 Å². The smallest absolute Gasteiger partial charge is 0.343 e. The van der Waals surface area contributed by atoms with Crippen LogP contribution in [0.3, 0.4) is 0 Å². The van der Waals surface area contributed by atoms with Gasteiger partial charge in [0, 0.05) is 14.1 Å².